The van der Waals surface area contributed by atoms with Gasteiger partial charge in [-0.25, -0.2) is 9.37 Å². The molecular weight excluding hydrogens is 310 g/mol. The van der Waals surface area contributed by atoms with E-state index in [1.165, 1.54) is 12.1 Å². The van der Waals surface area contributed by atoms with Crippen molar-refractivity contribution in [1.82, 2.24) is 9.55 Å². The van der Waals surface area contributed by atoms with Gasteiger partial charge in [0.1, 0.15) is 11.6 Å². The molecule has 0 aliphatic heterocycles. The molecule has 0 aliphatic rings. The van der Waals surface area contributed by atoms with Gasteiger partial charge in [0.2, 0.25) is 0 Å². The Morgan fingerprint density at radius 3 is 2.81 bits per heavy atom. The molecule has 0 atom stereocenters. The van der Waals surface area contributed by atoms with E-state index in [1.807, 2.05) is 29.7 Å². The highest BCUT2D eigenvalue weighted by Gasteiger charge is 2.15. The highest BCUT2D eigenvalue weighted by Crippen LogP contribution is 2.28. The molecule has 3 rings (SSSR count). The Bertz CT molecular complexity index is 811. The minimum atomic E-state index is -0.299. The lowest BCUT2D eigenvalue weighted by Gasteiger charge is -2.12. The topological polar surface area (TPSA) is 17.8 Å². The van der Waals surface area contributed by atoms with Crippen LogP contribution in [0.3, 0.4) is 0 Å². The van der Waals surface area contributed by atoms with Gasteiger partial charge in [-0.1, -0.05) is 17.7 Å². The molecule has 21 heavy (non-hydrogen) atoms. The van der Waals surface area contributed by atoms with Crippen LogP contribution in [0.25, 0.3) is 16.7 Å². The summed E-state index contributed by atoms with van der Waals surface area (Å²) in [4.78, 5) is 4.51. The van der Waals surface area contributed by atoms with E-state index in [4.69, 9.17) is 23.2 Å². The number of imidazole rings is 1. The van der Waals surface area contributed by atoms with Gasteiger partial charge in [-0.15, -0.1) is 11.6 Å². The van der Waals surface area contributed by atoms with Gasteiger partial charge < -0.3 is 0 Å². The highest BCUT2D eigenvalue weighted by atomic mass is 35.5. The fourth-order valence-electron chi connectivity index (χ4n) is 2.46. The molecule has 0 bridgehead atoms. The quantitative estimate of drug-likeness (QED) is 0.626. The molecule has 0 N–H and O–H groups in total. The lowest BCUT2D eigenvalue weighted by molar-refractivity contribution is 0.629. The van der Waals surface area contributed by atoms with Crippen molar-refractivity contribution in [3.8, 4) is 5.69 Å². The van der Waals surface area contributed by atoms with Crippen molar-refractivity contribution >= 4 is 34.2 Å². The molecule has 0 amide bonds. The maximum absolute atomic E-state index is 13.4. The molecule has 2 nitrogen and oxygen atoms in total. The Labute approximate surface area is 132 Å². The van der Waals surface area contributed by atoms with Gasteiger partial charge >= 0.3 is 0 Å². The van der Waals surface area contributed by atoms with Crippen molar-refractivity contribution in [1.29, 1.82) is 0 Å². The van der Waals surface area contributed by atoms with Crippen molar-refractivity contribution in [3.05, 3.63) is 58.6 Å². The second-order valence-electron chi connectivity index (χ2n) is 4.82. The van der Waals surface area contributed by atoms with Gasteiger partial charge in [0.05, 0.1) is 16.7 Å². The third kappa shape index (κ3) is 2.52. The number of aromatic nitrogens is 2. The van der Waals surface area contributed by atoms with Gasteiger partial charge in [0.15, 0.2) is 0 Å². The van der Waals surface area contributed by atoms with Gasteiger partial charge in [0.25, 0.3) is 0 Å². The molecule has 1 aromatic heterocycles. The van der Waals surface area contributed by atoms with Crippen molar-refractivity contribution in [2.24, 2.45) is 0 Å². The molecule has 0 spiro atoms. The Morgan fingerprint density at radius 1 is 1.24 bits per heavy atom. The molecule has 5 heteroatoms. The highest BCUT2D eigenvalue weighted by molar-refractivity contribution is 6.31. The minimum Gasteiger partial charge on any atom is -0.296 e. The second kappa shape index (κ2) is 5.66. The van der Waals surface area contributed by atoms with E-state index in [0.717, 1.165) is 22.6 Å². The van der Waals surface area contributed by atoms with Crippen LogP contribution in [0.2, 0.25) is 5.02 Å². The summed E-state index contributed by atoms with van der Waals surface area (Å²) >= 11 is 12.1. The molecule has 0 saturated heterocycles. The number of benzene rings is 2. The number of aryl methyl sites for hydroxylation is 1. The fraction of sp³-hybridized carbons (Fsp3) is 0.188. The van der Waals surface area contributed by atoms with E-state index in [-0.39, 0.29) is 5.82 Å². The summed E-state index contributed by atoms with van der Waals surface area (Å²) < 4.78 is 15.4. The zero-order valence-corrected chi connectivity index (χ0v) is 12.9. The Kier molecular flexibility index (Phi) is 3.87. The molecule has 0 unspecified atom stereocenters. The number of nitrogens with zero attached hydrogens (tertiary/aromatic N) is 2. The Morgan fingerprint density at radius 2 is 2.05 bits per heavy atom. The largest absolute Gasteiger partial charge is 0.296 e. The summed E-state index contributed by atoms with van der Waals surface area (Å²) in [5.41, 5.74) is 3.37. The molecule has 3 aromatic rings. The van der Waals surface area contributed by atoms with Gasteiger partial charge in [-0.2, -0.15) is 0 Å². The first-order chi connectivity index (χ1) is 10.1. The molecule has 0 fully saturated rings. The maximum Gasteiger partial charge on any atom is 0.125 e. The SMILES string of the molecule is Cc1c(Cl)cccc1-n1c(CCCl)nc2cc(F)ccc21. The number of hydrogen-bond acceptors (Lipinski definition) is 1. The smallest absolute Gasteiger partial charge is 0.125 e. The van der Waals surface area contributed by atoms with Crippen LogP contribution in [0, 0.1) is 12.7 Å². The average molecular weight is 323 g/mol. The van der Waals surface area contributed by atoms with E-state index in [9.17, 15) is 4.39 Å². The minimum absolute atomic E-state index is 0.299. The summed E-state index contributed by atoms with van der Waals surface area (Å²) in [7, 11) is 0. The summed E-state index contributed by atoms with van der Waals surface area (Å²) in [6.45, 7) is 1.96. The number of fused-ring (bicyclic) bond motifs is 1. The van der Waals surface area contributed by atoms with E-state index >= 15 is 0 Å². The predicted octanol–water partition coefficient (Wildman–Crippen LogP) is 4.91. The standard InChI is InChI=1S/C16H13Cl2FN2/c1-10-12(18)3-2-4-14(10)21-15-6-5-11(19)9-13(15)20-16(21)7-8-17/h2-6,9H,7-8H2,1H3. The van der Waals surface area contributed by atoms with Crippen LogP contribution in [0.1, 0.15) is 11.4 Å². The van der Waals surface area contributed by atoms with Crippen LogP contribution in [-0.2, 0) is 6.42 Å². The second-order valence-corrected chi connectivity index (χ2v) is 5.60. The van der Waals surface area contributed by atoms with Crippen LogP contribution in [-0.4, -0.2) is 15.4 Å². The van der Waals surface area contributed by atoms with Crippen LogP contribution >= 0.6 is 23.2 Å². The van der Waals surface area contributed by atoms with Crippen molar-refractivity contribution in [3.63, 3.8) is 0 Å². The number of halogens is 3. The van der Waals surface area contributed by atoms with E-state index in [1.54, 1.807) is 6.07 Å². The summed E-state index contributed by atoms with van der Waals surface area (Å²) in [6.07, 6.45) is 0.601. The normalized spacial score (nSPS) is 11.2. The third-order valence-corrected chi connectivity index (χ3v) is 4.08. The van der Waals surface area contributed by atoms with Gasteiger partial charge in [-0.05, 0) is 36.8 Å². The van der Waals surface area contributed by atoms with Crippen LogP contribution < -0.4 is 0 Å². The van der Waals surface area contributed by atoms with E-state index in [0.29, 0.717) is 22.8 Å². The predicted molar refractivity (Wildman–Crippen MR) is 85.2 cm³/mol. The lowest BCUT2D eigenvalue weighted by atomic mass is 10.2. The fourth-order valence-corrected chi connectivity index (χ4v) is 2.80. The van der Waals surface area contributed by atoms with Gasteiger partial charge in [-0.3, -0.25) is 4.57 Å². The zero-order chi connectivity index (χ0) is 15.0. The van der Waals surface area contributed by atoms with Crippen molar-refractivity contribution < 1.29 is 4.39 Å². The zero-order valence-electron chi connectivity index (χ0n) is 11.4. The third-order valence-electron chi connectivity index (χ3n) is 3.48. The Hall–Kier alpha value is -1.58. The first-order valence-corrected chi connectivity index (χ1v) is 7.51. The van der Waals surface area contributed by atoms with Gasteiger partial charge in [0, 0.05) is 23.4 Å². The van der Waals surface area contributed by atoms with Crippen LogP contribution in [0.15, 0.2) is 36.4 Å². The van der Waals surface area contributed by atoms with E-state index < -0.39 is 0 Å². The molecule has 0 saturated carbocycles. The van der Waals surface area contributed by atoms with Crippen LogP contribution in [0.4, 0.5) is 4.39 Å². The lowest BCUT2D eigenvalue weighted by Crippen LogP contribution is -2.04. The molecule has 0 aliphatic carbocycles. The molecular formula is C16H13Cl2FN2. The maximum atomic E-state index is 13.4. The first-order valence-electron chi connectivity index (χ1n) is 6.60. The van der Waals surface area contributed by atoms with Crippen molar-refractivity contribution in [2.75, 3.05) is 5.88 Å². The summed E-state index contributed by atoms with van der Waals surface area (Å²) in [5, 5.41) is 0.688. The molecule has 2 aromatic carbocycles. The molecule has 0 radical (unpaired) electrons. The number of rotatable bonds is 3. The summed E-state index contributed by atoms with van der Waals surface area (Å²) in [6, 6.07) is 10.3. The molecule has 108 valence electrons. The number of hydrogen-bond donors (Lipinski definition) is 0. The monoisotopic (exact) mass is 322 g/mol. The average Bonchev–Trinajstić information content (AvgIpc) is 2.79. The van der Waals surface area contributed by atoms with Crippen molar-refractivity contribution in [2.45, 2.75) is 13.3 Å². The van der Waals surface area contributed by atoms with E-state index in [2.05, 4.69) is 4.98 Å². The first kappa shape index (κ1) is 14.4. The number of alkyl halides is 1. The van der Waals surface area contributed by atoms with Crippen LogP contribution in [0.5, 0.6) is 0 Å². The summed E-state index contributed by atoms with van der Waals surface area (Å²) in [5.74, 6) is 0.953. The Balaban J connectivity index is 2.33. The molecule has 1 heterocycles.